The highest BCUT2D eigenvalue weighted by Crippen LogP contribution is 2.12. The summed E-state index contributed by atoms with van der Waals surface area (Å²) in [5.41, 5.74) is 3.54. The van der Waals surface area contributed by atoms with E-state index in [1.165, 1.54) is 6.20 Å². The third-order valence-electron chi connectivity index (χ3n) is 3.06. The molecule has 0 unspecified atom stereocenters. The van der Waals surface area contributed by atoms with Gasteiger partial charge in [0.15, 0.2) is 0 Å². The van der Waals surface area contributed by atoms with E-state index in [1.807, 2.05) is 13.8 Å². The lowest BCUT2D eigenvalue weighted by Gasteiger charge is -2.06. The third kappa shape index (κ3) is 3.88. The summed E-state index contributed by atoms with van der Waals surface area (Å²) < 4.78 is 0. The highest BCUT2D eigenvalue weighted by atomic mass is 16.4. The Labute approximate surface area is 121 Å². The summed E-state index contributed by atoms with van der Waals surface area (Å²) in [5, 5.41) is 18.3. The van der Waals surface area contributed by atoms with Crippen molar-refractivity contribution in [3.05, 3.63) is 41.0 Å². The van der Waals surface area contributed by atoms with E-state index in [0.717, 1.165) is 17.0 Å². The molecule has 0 saturated heterocycles. The summed E-state index contributed by atoms with van der Waals surface area (Å²) in [4.78, 5) is 26.5. The van der Waals surface area contributed by atoms with Crippen LogP contribution in [0.15, 0.2) is 18.3 Å². The van der Waals surface area contributed by atoms with E-state index in [4.69, 9.17) is 5.11 Å². The van der Waals surface area contributed by atoms with E-state index in [0.29, 0.717) is 11.4 Å². The number of carbonyl (C=O) groups is 2. The highest BCUT2D eigenvalue weighted by molar-refractivity contribution is 5.92. The highest BCUT2D eigenvalue weighted by Gasteiger charge is 2.11. The molecule has 0 aliphatic rings. The normalized spacial score (nSPS) is 10.4. The number of nitrogens with zero attached hydrogens (tertiary/aromatic N) is 2. The molecule has 7 nitrogen and oxygen atoms in total. The van der Waals surface area contributed by atoms with Gasteiger partial charge in [0.05, 0.1) is 36.1 Å². The lowest BCUT2D eigenvalue weighted by Crippen LogP contribution is -2.15. The number of aliphatic carboxylic acids is 1. The number of hydrogen-bond acceptors (Lipinski definition) is 4. The molecule has 2 heterocycles. The predicted octanol–water partition coefficient (Wildman–Crippen LogP) is 1.23. The Balaban J connectivity index is 1.98. The zero-order chi connectivity index (χ0) is 15.4. The molecule has 2 rings (SSSR count). The zero-order valence-corrected chi connectivity index (χ0v) is 11.8. The van der Waals surface area contributed by atoms with E-state index in [-0.39, 0.29) is 18.7 Å². The number of nitrogens with one attached hydrogen (secondary N) is 2. The van der Waals surface area contributed by atoms with E-state index >= 15 is 0 Å². The number of aromatic amines is 1. The molecule has 0 fully saturated rings. The van der Waals surface area contributed by atoms with Gasteiger partial charge in [0.1, 0.15) is 0 Å². The molecule has 0 saturated carbocycles. The number of carboxylic acid groups (broad SMARTS) is 1. The minimum atomic E-state index is -0.940. The first-order chi connectivity index (χ1) is 9.95. The van der Waals surface area contributed by atoms with Crippen molar-refractivity contribution in [1.82, 2.24) is 15.2 Å². The second-order valence-corrected chi connectivity index (χ2v) is 4.75. The van der Waals surface area contributed by atoms with Gasteiger partial charge >= 0.3 is 5.97 Å². The number of pyridine rings is 1. The van der Waals surface area contributed by atoms with Gasteiger partial charge in [-0.25, -0.2) is 0 Å². The quantitative estimate of drug-likeness (QED) is 0.767. The smallest absolute Gasteiger partial charge is 0.309 e. The fourth-order valence-electron chi connectivity index (χ4n) is 1.96. The summed E-state index contributed by atoms with van der Waals surface area (Å²) in [6.07, 6.45) is 1.54. The maximum Gasteiger partial charge on any atom is 0.309 e. The predicted molar refractivity (Wildman–Crippen MR) is 76.0 cm³/mol. The topological polar surface area (TPSA) is 108 Å². The SMILES string of the molecule is Cc1n[nH]c(C)c1CC(=O)Nc1ccc(CC(=O)O)nc1. The van der Waals surface area contributed by atoms with E-state index in [1.54, 1.807) is 12.1 Å². The molecule has 110 valence electrons. The number of amides is 1. The molecule has 2 aromatic heterocycles. The molecule has 0 radical (unpaired) electrons. The average molecular weight is 288 g/mol. The molecule has 0 bridgehead atoms. The van der Waals surface area contributed by atoms with Gasteiger partial charge in [-0.05, 0) is 26.0 Å². The van der Waals surface area contributed by atoms with Crippen LogP contribution in [0, 0.1) is 13.8 Å². The number of aryl methyl sites for hydroxylation is 2. The van der Waals surface area contributed by atoms with Crippen molar-refractivity contribution in [3.63, 3.8) is 0 Å². The molecule has 7 heteroatoms. The van der Waals surface area contributed by atoms with Crippen molar-refractivity contribution in [3.8, 4) is 0 Å². The first-order valence-corrected chi connectivity index (χ1v) is 6.42. The fraction of sp³-hybridized carbons (Fsp3) is 0.286. The Kier molecular flexibility index (Phi) is 4.32. The number of H-pyrrole nitrogens is 1. The molecule has 0 aromatic carbocycles. The van der Waals surface area contributed by atoms with Gasteiger partial charge in [0.25, 0.3) is 0 Å². The van der Waals surface area contributed by atoms with E-state index in [9.17, 15) is 9.59 Å². The fourth-order valence-corrected chi connectivity index (χ4v) is 1.96. The van der Waals surface area contributed by atoms with Crippen LogP contribution in [-0.4, -0.2) is 32.2 Å². The maximum atomic E-state index is 12.0. The van der Waals surface area contributed by atoms with Crippen LogP contribution >= 0.6 is 0 Å². The van der Waals surface area contributed by atoms with Crippen LogP contribution in [-0.2, 0) is 22.4 Å². The van der Waals surface area contributed by atoms with E-state index < -0.39 is 5.97 Å². The first kappa shape index (κ1) is 14.7. The van der Waals surface area contributed by atoms with E-state index in [2.05, 4.69) is 20.5 Å². The van der Waals surface area contributed by atoms with Crippen LogP contribution in [0.1, 0.15) is 22.6 Å². The van der Waals surface area contributed by atoms with Crippen molar-refractivity contribution in [2.75, 3.05) is 5.32 Å². The minimum absolute atomic E-state index is 0.137. The third-order valence-corrected chi connectivity index (χ3v) is 3.06. The van der Waals surface area contributed by atoms with Gasteiger partial charge in [0, 0.05) is 11.3 Å². The van der Waals surface area contributed by atoms with Crippen LogP contribution in [0.3, 0.4) is 0 Å². The van der Waals surface area contributed by atoms with Gasteiger partial charge in [0.2, 0.25) is 5.91 Å². The van der Waals surface area contributed by atoms with Crippen LogP contribution in [0.25, 0.3) is 0 Å². The summed E-state index contributed by atoms with van der Waals surface area (Å²) >= 11 is 0. The molecule has 0 atom stereocenters. The lowest BCUT2D eigenvalue weighted by molar-refractivity contribution is -0.136. The van der Waals surface area contributed by atoms with Gasteiger partial charge in [-0.1, -0.05) is 0 Å². The van der Waals surface area contributed by atoms with Crippen LogP contribution in [0.4, 0.5) is 5.69 Å². The molecule has 3 N–H and O–H groups in total. The van der Waals surface area contributed by atoms with Gasteiger partial charge in [-0.3, -0.25) is 19.7 Å². The molecule has 0 aliphatic heterocycles. The number of carbonyl (C=O) groups excluding carboxylic acids is 1. The van der Waals surface area contributed by atoms with Crippen molar-refractivity contribution in [2.45, 2.75) is 26.7 Å². The minimum Gasteiger partial charge on any atom is -0.481 e. The Morgan fingerprint density at radius 1 is 1.29 bits per heavy atom. The van der Waals surface area contributed by atoms with Crippen molar-refractivity contribution >= 4 is 17.6 Å². The number of hydrogen-bond donors (Lipinski definition) is 3. The number of carboxylic acids is 1. The summed E-state index contributed by atoms with van der Waals surface area (Å²) in [7, 11) is 0. The van der Waals surface area contributed by atoms with Crippen molar-refractivity contribution in [2.24, 2.45) is 0 Å². The second-order valence-electron chi connectivity index (χ2n) is 4.75. The molecule has 1 amide bonds. The monoisotopic (exact) mass is 288 g/mol. The standard InChI is InChI=1S/C14H16N4O3/c1-8-12(9(2)18-17-8)6-13(19)16-11-4-3-10(15-7-11)5-14(20)21/h3-4,7H,5-6H2,1-2H3,(H,16,19)(H,17,18)(H,20,21). The van der Waals surface area contributed by atoms with Crippen molar-refractivity contribution in [1.29, 1.82) is 0 Å². The number of rotatable bonds is 5. The number of aromatic nitrogens is 3. The Bertz CT molecular complexity index is 642. The van der Waals surface area contributed by atoms with Gasteiger partial charge < -0.3 is 10.4 Å². The summed E-state index contributed by atoms with van der Waals surface area (Å²) in [5.74, 6) is -1.11. The molecular weight excluding hydrogens is 272 g/mol. The molecule has 2 aromatic rings. The van der Waals surface area contributed by atoms with Gasteiger partial charge in [-0.15, -0.1) is 0 Å². The van der Waals surface area contributed by atoms with Crippen LogP contribution in [0.2, 0.25) is 0 Å². The lowest BCUT2D eigenvalue weighted by atomic mass is 10.1. The maximum absolute atomic E-state index is 12.0. The Morgan fingerprint density at radius 3 is 2.57 bits per heavy atom. The number of anilines is 1. The van der Waals surface area contributed by atoms with Crippen LogP contribution < -0.4 is 5.32 Å². The Hall–Kier alpha value is -2.70. The molecular formula is C14H16N4O3. The molecule has 0 spiro atoms. The summed E-state index contributed by atoms with van der Waals surface area (Å²) in [6.45, 7) is 3.71. The van der Waals surface area contributed by atoms with Crippen molar-refractivity contribution < 1.29 is 14.7 Å². The van der Waals surface area contributed by atoms with Crippen LogP contribution in [0.5, 0.6) is 0 Å². The molecule has 0 aliphatic carbocycles. The Morgan fingerprint density at radius 2 is 2.05 bits per heavy atom. The first-order valence-electron chi connectivity index (χ1n) is 6.42. The largest absolute Gasteiger partial charge is 0.481 e. The van der Waals surface area contributed by atoms with Gasteiger partial charge in [-0.2, -0.15) is 5.10 Å². The molecule has 21 heavy (non-hydrogen) atoms. The average Bonchev–Trinajstić information content (AvgIpc) is 2.72. The zero-order valence-electron chi connectivity index (χ0n) is 11.8. The summed E-state index contributed by atoms with van der Waals surface area (Å²) in [6, 6.07) is 3.22. The second kappa shape index (κ2) is 6.17.